The van der Waals surface area contributed by atoms with Gasteiger partial charge in [-0.1, -0.05) is 59.6 Å². The van der Waals surface area contributed by atoms with E-state index in [1.54, 1.807) is 40.9 Å². The third-order valence-electron chi connectivity index (χ3n) is 8.51. The molecule has 4 unspecified atom stereocenters. The van der Waals surface area contributed by atoms with Gasteiger partial charge in [0.1, 0.15) is 11.8 Å². The van der Waals surface area contributed by atoms with E-state index in [1.807, 2.05) is 44.2 Å². The number of anilines is 1. The molecule has 5 rings (SSSR count). The second-order valence-electron chi connectivity index (χ2n) is 11.2. The number of carbonyl (C=O) groups is 3. The largest absolute Gasteiger partial charge is 0.494 e. The van der Waals surface area contributed by atoms with Gasteiger partial charge in [0.25, 0.3) is 0 Å². The van der Waals surface area contributed by atoms with E-state index in [4.69, 9.17) is 4.74 Å². The summed E-state index contributed by atoms with van der Waals surface area (Å²) in [5.74, 6) is -1.33. The van der Waals surface area contributed by atoms with Gasteiger partial charge in [0, 0.05) is 21.8 Å². The summed E-state index contributed by atoms with van der Waals surface area (Å²) in [4.78, 5) is 44.0. The lowest BCUT2D eigenvalue weighted by Crippen LogP contribution is -2.56. The van der Waals surface area contributed by atoms with Crippen molar-refractivity contribution in [2.24, 2.45) is 11.8 Å². The Labute approximate surface area is 254 Å². The maximum Gasteiger partial charge on any atom is 0.244 e. The summed E-state index contributed by atoms with van der Waals surface area (Å²) in [6, 6.07) is 14.9. The number of benzene rings is 2. The number of hydrogen-bond donors (Lipinski definition) is 3. The Morgan fingerprint density at radius 3 is 2.49 bits per heavy atom. The Kier molecular flexibility index (Phi) is 9.01. The summed E-state index contributed by atoms with van der Waals surface area (Å²) < 4.78 is 4.72. The number of carbonyl (C=O) groups excluding carboxylic acids is 3. The summed E-state index contributed by atoms with van der Waals surface area (Å²) >= 11 is 5.40. The minimum Gasteiger partial charge on any atom is -0.494 e. The lowest BCUT2D eigenvalue weighted by atomic mass is 9.70. The lowest BCUT2D eigenvalue weighted by Gasteiger charge is -2.38. The second-order valence-corrected chi connectivity index (χ2v) is 13.9. The zero-order valence-corrected chi connectivity index (χ0v) is 26.0. The summed E-state index contributed by atoms with van der Waals surface area (Å²) in [5.41, 5.74) is 1.37. The summed E-state index contributed by atoms with van der Waals surface area (Å²) in [6.07, 6.45) is 2.31. The number of alkyl halides is 1. The minimum absolute atomic E-state index is 0.0414. The molecule has 3 fully saturated rings. The molecule has 0 radical (unpaired) electrons. The van der Waals surface area contributed by atoms with Crippen LogP contribution < -0.4 is 15.4 Å². The first-order valence-corrected chi connectivity index (χ1v) is 16.2. The molecule has 8 atom stereocenters. The molecular weight excluding hydrogens is 606 g/mol. The zero-order chi connectivity index (χ0) is 29.3. The molecular formula is C31H38BrN3O5S. The van der Waals surface area contributed by atoms with E-state index < -0.39 is 28.7 Å². The van der Waals surface area contributed by atoms with Crippen molar-refractivity contribution in [2.75, 3.05) is 18.5 Å². The molecule has 2 bridgehead atoms. The van der Waals surface area contributed by atoms with Gasteiger partial charge in [-0.3, -0.25) is 14.4 Å². The van der Waals surface area contributed by atoms with Gasteiger partial charge >= 0.3 is 0 Å². The van der Waals surface area contributed by atoms with Crippen molar-refractivity contribution in [3.63, 3.8) is 0 Å². The number of thioether (sulfide) groups is 1. The molecule has 1 spiro atoms. The molecule has 220 valence electrons. The van der Waals surface area contributed by atoms with Crippen LogP contribution in [0.15, 0.2) is 54.6 Å². The normalized spacial score (nSPS) is 29.6. The average molecular weight is 645 g/mol. The van der Waals surface area contributed by atoms with Crippen molar-refractivity contribution in [1.29, 1.82) is 0 Å². The fourth-order valence-electron chi connectivity index (χ4n) is 6.89. The van der Waals surface area contributed by atoms with Crippen molar-refractivity contribution < 1.29 is 24.2 Å². The van der Waals surface area contributed by atoms with Crippen molar-refractivity contribution >= 4 is 51.1 Å². The highest BCUT2D eigenvalue weighted by atomic mass is 79.9. The first-order chi connectivity index (χ1) is 19.7. The topological polar surface area (TPSA) is 108 Å². The molecule has 0 aromatic heterocycles. The Morgan fingerprint density at radius 1 is 1.15 bits per heavy atom. The highest BCUT2D eigenvalue weighted by Gasteiger charge is 2.76. The SMILES string of the molecule is CCCC(C)NC(=O)C1N([C@H](CO)c2ccccc2)C(=O)[C@@H]2[C@@H](C(=O)Nc3ccc(OCC)cc3)[C@@H]3SC12CC3Br. The van der Waals surface area contributed by atoms with Crippen molar-refractivity contribution in [1.82, 2.24) is 10.2 Å². The summed E-state index contributed by atoms with van der Waals surface area (Å²) in [6.45, 7) is 6.16. The van der Waals surface area contributed by atoms with Crippen LogP contribution in [0.5, 0.6) is 5.75 Å². The van der Waals surface area contributed by atoms with Crippen LogP contribution >= 0.6 is 27.7 Å². The van der Waals surface area contributed by atoms with E-state index in [9.17, 15) is 19.5 Å². The van der Waals surface area contributed by atoms with Gasteiger partial charge in [-0.2, -0.15) is 0 Å². The van der Waals surface area contributed by atoms with E-state index in [-0.39, 0.29) is 40.4 Å². The monoisotopic (exact) mass is 643 g/mol. The first kappa shape index (κ1) is 29.9. The number of rotatable bonds is 11. The van der Waals surface area contributed by atoms with E-state index in [2.05, 4.69) is 33.5 Å². The van der Waals surface area contributed by atoms with Crippen LogP contribution in [0, 0.1) is 11.8 Å². The number of fused-ring (bicyclic) bond motifs is 1. The first-order valence-electron chi connectivity index (χ1n) is 14.4. The predicted molar refractivity (Wildman–Crippen MR) is 164 cm³/mol. The van der Waals surface area contributed by atoms with Gasteiger partial charge in [0.15, 0.2) is 0 Å². The van der Waals surface area contributed by atoms with Gasteiger partial charge < -0.3 is 25.4 Å². The Hall–Kier alpha value is -2.56. The number of nitrogens with one attached hydrogen (secondary N) is 2. The number of aliphatic hydroxyl groups excluding tert-OH is 1. The molecule has 0 saturated carbocycles. The molecule has 3 saturated heterocycles. The maximum atomic E-state index is 14.5. The summed E-state index contributed by atoms with van der Waals surface area (Å²) in [7, 11) is 0. The fourth-order valence-corrected chi connectivity index (χ4v) is 10.5. The molecule has 3 aliphatic heterocycles. The number of hydrogen-bond acceptors (Lipinski definition) is 6. The highest BCUT2D eigenvalue weighted by Crippen LogP contribution is 2.68. The van der Waals surface area contributed by atoms with E-state index in [1.165, 1.54) is 0 Å². The van der Waals surface area contributed by atoms with Gasteiger partial charge in [-0.05, 0) is 56.5 Å². The van der Waals surface area contributed by atoms with E-state index >= 15 is 0 Å². The minimum atomic E-state index is -0.824. The molecule has 3 heterocycles. The number of halogens is 1. The molecule has 2 aromatic rings. The van der Waals surface area contributed by atoms with Crippen molar-refractivity contribution in [3.8, 4) is 5.75 Å². The van der Waals surface area contributed by atoms with Gasteiger partial charge in [0.2, 0.25) is 17.7 Å². The van der Waals surface area contributed by atoms with Crippen LogP contribution in [-0.2, 0) is 14.4 Å². The van der Waals surface area contributed by atoms with Crippen molar-refractivity contribution in [3.05, 3.63) is 60.2 Å². The van der Waals surface area contributed by atoms with Crippen LogP contribution in [0.3, 0.4) is 0 Å². The molecule has 0 aliphatic carbocycles. The molecule has 3 amide bonds. The van der Waals surface area contributed by atoms with Gasteiger partial charge in [0.05, 0.1) is 35.8 Å². The molecule has 8 nitrogen and oxygen atoms in total. The third-order valence-corrected chi connectivity index (χ3v) is 11.7. The Bertz CT molecular complexity index is 1260. The quantitative estimate of drug-likeness (QED) is 0.311. The van der Waals surface area contributed by atoms with E-state index in [0.717, 1.165) is 18.4 Å². The number of aliphatic hydroxyl groups is 1. The summed E-state index contributed by atoms with van der Waals surface area (Å²) in [5, 5.41) is 16.6. The van der Waals surface area contributed by atoms with Crippen molar-refractivity contribution in [2.45, 2.75) is 73.0 Å². The number of likely N-dealkylation sites (tertiary alicyclic amines) is 1. The van der Waals surface area contributed by atoms with Gasteiger partial charge in [-0.15, -0.1) is 11.8 Å². The second kappa shape index (κ2) is 12.4. The van der Waals surface area contributed by atoms with Crippen LogP contribution in [0.25, 0.3) is 0 Å². The molecule has 3 aliphatic rings. The number of nitrogens with zero attached hydrogens (tertiary/aromatic N) is 1. The third kappa shape index (κ3) is 5.39. The van der Waals surface area contributed by atoms with Crippen LogP contribution in [-0.4, -0.2) is 67.8 Å². The van der Waals surface area contributed by atoms with Crippen LogP contribution in [0.4, 0.5) is 5.69 Å². The van der Waals surface area contributed by atoms with Crippen LogP contribution in [0.1, 0.15) is 51.6 Å². The number of ether oxygens (including phenoxy) is 1. The Morgan fingerprint density at radius 2 is 1.85 bits per heavy atom. The standard InChI is InChI=1S/C31H38BrN3O5S/c1-4-9-18(3)33-29(38)27-31-16-22(32)26(41-31)24(28(37)34-20-12-14-21(15-13-20)40-5-2)25(31)30(39)35(27)23(17-36)19-10-7-6-8-11-19/h6-8,10-15,18,22-27,36H,4-5,9,16-17H2,1-3H3,(H,33,38)(H,34,37)/t18?,22?,23-,24-,25+,26-,27?,31?/m1/s1. The molecule has 2 aromatic carbocycles. The zero-order valence-electron chi connectivity index (χ0n) is 23.6. The highest BCUT2D eigenvalue weighted by molar-refractivity contribution is 9.09. The van der Waals surface area contributed by atoms with Crippen LogP contribution in [0.2, 0.25) is 0 Å². The Balaban J connectivity index is 1.51. The maximum absolute atomic E-state index is 14.5. The van der Waals surface area contributed by atoms with Gasteiger partial charge in [-0.25, -0.2) is 0 Å². The molecule has 41 heavy (non-hydrogen) atoms. The predicted octanol–water partition coefficient (Wildman–Crippen LogP) is 4.53. The lowest BCUT2D eigenvalue weighted by molar-refractivity contribution is -0.142. The molecule has 10 heteroatoms. The van der Waals surface area contributed by atoms with E-state index in [0.29, 0.717) is 24.5 Å². The molecule has 3 N–H and O–H groups in total. The smallest absolute Gasteiger partial charge is 0.244 e. The number of amides is 3. The average Bonchev–Trinajstić information content (AvgIpc) is 3.54. The fraction of sp³-hybridized carbons (Fsp3) is 0.516.